The number of ether oxygens (including phenoxy) is 1. The molecule has 1 atom stereocenters. The zero-order valence-corrected chi connectivity index (χ0v) is 28.2. The van der Waals surface area contributed by atoms with Crippen LogP contribution in [0, 0.1) is 0 Å². The second-order valence-corrected chi connectivity index (χ2v) is 14.7. The minimum absolute atomic E-state index is 0.0520. The van der Waals surface area contributed by atoms with Gasteiger partial charge in [-0.05, 0) is 123 Å². The highest BCUT2D eigenvalue weighted by molar-refractivity contribution is 6.11. The van der Waals surface area contributed by atoms with Crippen LogP contribution in [-0.2, 0) is 18.3 Å². The van der Waals surface area contributed by atoms with Gasteiger partial charge in [-0.3, -0.25) is 0 Å². The summed E-state index contributed by atoms with van der Waals surface area (Å²) in [5, 5.41) is 2.67. The molecule has 3 aliphatic carbocycles. The third-order valence-corrected chi connectivity index (χ3v) is 11.6. The van der Waals surface area contributed by atoms with E-state index in [-0.39, 0.29) is 11.5 Å². The van der Waals surface area contributed by atoms with Crippen LogP contribution in [0.1, 0.15) is 66.1 Å². The molecule has 0 fully saturated rings. The lowest BCUT2D eigenvalue weighted by Crippen LogP contribution is -2.15. The van der Waals surface area contributed by atoms with E-state index in [1.807, 2.05) is 0 Å². The summed E-state index contributed by atoms with van der Waals surface area (Å²) >= 11 is 0. The second-order valence-electron chi connectivity index (χ2n) is 14.7. The normalized spacial score (nSPS) is 18.8. The van der Waals surface area contributed by atoms with Gasteiger partial charge in [0.05, 0.1) is 11.6 Å². The molecule has 0 N–H and O–H groups in total. The Hall–Kier alpha value is -5.34. The molecule has 0 spiro atoms. The molecule has 1 aliphatic heterocycles. The molecule has 0 radical (unpaired) electrons. The standard InChI is InChI=1S/C47H39NO/c1-47(2)42-15-7-6-14-38(42)39-28-41-40-27-32(30-12-9-25-49-46-16-8-4-10-31(46)18-17-30)20-24-44(40)48(45(41)29-43(39)47)35-21-19-34-26-33-11-3-5-13-36(33)37(34)23-22-35/h3-17,19-21,24,27-29,35H,18,22-23,25-26H2,1-2H3. The van der Waals surface area contributed by atoms with Crippen LogP contribution < -0.4 is 4.74 Å². The van der Waals surface area contributed by atoms with Gasteiger partial charge in [0.25, 0.3) is 0 Å². The van der Waals surface area contributed by atoms with Crippen LogP contribution in [0.25, 0.3) is 44.1 Å². The smallest absolute Gasteiger partial charge is 0.123 e. The van der Waals surface area contributed by atoms with Gasteiger partial charge in [-0.15, -0.1) is 0 Å². The average molecular weight is 634 g/mol. The topological polar surface area (TPSA) is 14.2 Å². The Bertz CT molecular complexity index is 2480. The maximum Gasteiger partial charge on any atom is 0.123 e. The highest BCUT2D eigenvalue weighted by atomic mass is 16.5. The Morgan fingerprint density at radius 3 is 2.43 bits per heavy atom. The monoisotopic (exact) mass is 633 g/mol. The molecule has 2 nitrogen and oxygen atoms in total. The molecule has 5 aromatic carbocycles. The zero-order chi connectivity index (χ0) is 32.7. The summed E-state index contributed by atoms with van der Waals surface area (Å²) in [6.45, 7) is 5.35. The molecule has 49 heavy (non-hydrogen) atoms. The van der Waals surface area contributed by atoms with E-state index in [4.69, 9.17) is 4.74 Å². The molecule has 10 rings (SSSR count). The second kappa shape index (κ2) is 10.8. The molecular formula is C47H39NO. The fourth-order valence-electron chi connectivity index (χ4n) is 9.15. The first-order valence-electron chi connectivity index (χ1n) is 17.8. The first-order chi connectivity index (χ1) is 24.0. The summed E-state index contributed by atoms with van der Waals surface area (Å²) in [4.78, 5) is 0. The molecule has 4 aliphatic rings. The summed E-state index contributed by atoms with van der Waals surface area (Å²) in [5.74, 6) is 0.973. The number of allylic oxidation sites excluding steroid dienone is 7. The van der Waals surface area contributed by atoms with Crippen LogP contribution in [0.2, 0.25) is 0 Å². The number of fused-ring (bicyclic) bond motifs is 9. The van der Waals surface area contributed by atoms with E-state index in [9.17, 15) is 0 Å². The number of benzene rings is 5. The molecular weight excluding hydrogens is 595 g/mol. The van der Waals surface area contributed by atoms with Gasteiger partial charge < -0.3 is 9.30 Å². The van der Waals surface area contributed by atoms with Crippen molar-refractivity contribution in [2.45, 2.75) is 51.0 Å². The van der Waals surface area contributed by atoms with E-state index in [1.54, 1.807) is 5.57 Å². The van der Waals surface area contributed by atoms with E-state index in [2.05, 4.69) is 152 Å². The number of hydrogen-bond acceptors (Lipinski definition) is 1. The van der Waals surface area contributed by atoms with Gasteiger partial charge in [-0.2, -0.15) is 0 Å². The highest BCUT2D eigenvalue weighted by Gasteiger charge is 2.36. The van der Waals surface area contributed by atoms with Crippen molar-refractivity contribution in [3.8, 4) is 16.9 Å². The Balaban J connectivity index is 1.15. The number of rotatable bonds is 2. The SMILES string of the molecule is CC1(C)c2ccccc2-c2cc3c4cc(C5=CCc6ccccc6OCC=C5)ccc4n(C4C=CC5=C(CC4)c4ccccc4C5)c3cc21. The quantitative estimate of drug-likeness (QED) is 0.185. The Morgan fingerprint density at radius 1 is 0.714 bits per heavy atom. The number of nitrogens with zero attached hydrogens (tertiary/aromatic N) is 1. The summed E-state index contributed by atoms with van der Waals surface area (Å²) in [5.41, 5.74) is 17.9. The predicted octanol–water partition coefficient (Wildman–Crippen LogP) is 11.6. The van der Waals surface area contributed by atoms with Gasteiger partial charge in [0.2, 0.25) is 0 Å². The van der Waals surface area contributed by atoms with Crippen LogP contribution >= 0.6 is 0 Å². The van der Waals surface area contributed by atoms with Gasteiger partial charge in [0, 0.05) is 21.7 Å². The summed E-state index contributed by atoms with van der Waals surface area (Å²) < 4.78 is 8.77. The molecule has 0 saturated heterocycles. The van der Waals surface area contributed by atoms with Gasteiger partial charge in [-0.25, -0.2) is 0 Å². The number of para-hydroxylation sites is 1. The van der Waals surface area contributed by atoms with E-state index in [1.165, 1.54) is 77.5 Å². The van der Waals surface area contributed by atoms with Crippen molar-refractivity contribution in [1.82, 2.24) is 4.57 Å². The molecule has 0 bridgehead atoms. The molecule has 2 heteroatoms. The fraction of sp³-hybridized carbons (Fsp3) is 0.191. The summed E-state index contributed by atoms with van der Waals surface area (Å²) in [7, 11) is 0. The maximum atomic E-state index is 6.10. The van der Waals surface area contributed by atoms with Crippen molar-refractivity contribution in [1.29, 1.82) is 0 Å². The lowest BCUT2D eigenvalue weighted by atomic mass is 9.82. The van der Waals surface area contributed by atoms with Gasteiger partial charge in [0.1, 0.15) is 12.4 Å². The van der Waals surface area contributed by atoms with Gasteiger partial charge >= 0.3 is 0 Å². The molecule has 0 amide bonds. The first-order valence-corrected chi connectivity index (χ1v) is 17.8. The predicted molar refractivity (Wildman–Crippen MR) is 204 cm³/mol. The zero-order valence-electron chi connectivity index (χ0n) is 28.2. The van der Waals surface area contributed by atoms with E-state index in [0.29, 0.717) is 6.61 Å². The van der Waals surface area contributed by atoms with Crippen LogP contribution in [0.15, 0.2) is 139 Å². The fourth-order valence-corrected chi connectivity index (χ4v) is 9.15. The summed E-state index contributed by atoms with van der Waals surface area (Å²) in [6, 6.07) is 38.9. The molecule has 1 aromatic heterocycles. The van der Waals surface area contributed by atoms with Crippen LogP contribution in [0.3, 0.4) is 0 Å². The van der Waals surface area contributed by atoms with Crippen molar-refractivity contribution >= 4 is 33.0 Å². The third-order valence-electron chi connectivity index (χ3n) is 11.6. The Labute approximate surface area is 288 Å². The van der Waals surface area contributed by atoms with Crippen molar-refractivity contribution in [3.63, 3.8) is 0 Å². The van der Waals surface area contributed by atoms with Crippen molar-refractivity contribution < 1.29 is 4.74 Å². The van der Waals surface area contributed by atoms with Gasteiger partial charge in [0.15, 0.2) is 0 Å². The molecule has 2 heterocycles. The third kappa shape index (κ3) is 4.40. The van der Waals surface area contributed by atoms with Crippen LogP contribution in [0.4, 0.5) is 0 Å². The lowest BCUT2D eigenvalue weighted by Gasteiger charge is -2.23. The molecule has 1 unspecified atom stereocenters. The Morgan fingerprint density at radius 2 is 1.51 bits per heavy atom. The van der Waals surface area contributed by atoms with E-state index >= 15 is 0 Å². The highest BCUT2D eigenvalue weighted by Crippen LogP contribution is 2.51. The minimum atomic E-state index is -0.0520. The number of hydrogen-bond donors (Lipinski definition) is 0. The summed E-state index contributed by atoms with van der Waals surface area (Å²) in [6.07, 6.45) is 15.7. The van der Waals surface area contributed by atoms with E-state index in [0.717, 1.165) is 31.4 Å². The maximum absolute atomic E-state index is 6.10. The Kier molecular flexibility index (Phi) is 6.34. The molecule has 238 valence electrons. The lowest BCUT2D eigenvalue weighted by molar-refractivity contribution is 0.360. The van der Waals surface area contributed by atoms with Crippen molar-refractivity contribution in [3.05, 3.63) is 172 Å². The average Bonchev–Trinajstić information content (AvgIpc) is 3.69. The van der Waals surface area contributed by atoms with Crippen molar-refractivity contribution in [2.75, 3.05) is 6.61 Å². The first kappa shape index (κ1) is 28.7. The molecule has 6 aromatic rings. The van der Waals surface area contributed by atoms with Crippen LogP contribution in [-0.4, -0.2) is 11.2 Å². The minimum Gasteiger partial charge on any atom is -0.489 e. The van der Waals surface area contributed by atoms with Crippen molar-refractivity contribution in [2.24, 2.45) is 0 Å². The number of aromatic nitrogens is 1. The van der Waals surface area contributed by atoms with E-state index < -0.39 is 0 Å². The molecule has 0 saturated carbocycles. The van der Waals surface area contributed by atoms with Crippen LogP contribution in [0.5, 0.6) is 5.75 Å². The largest absolute Gasteiger partial charge is 0.489 e. The van der Waals surface area contributed by atoms with Gasteiger partial charge in [-0.1, -0.05) is 111 Å².